The molecule has 0 amide bonds. The highest BCUT2D eigenvalue weighted by molar-refractivity contribution is 5.31. The number of nitrogens with zero attached hydrogens (tertiary/aromatic N) is 2. The van der Waals surface area contributed by atoms with Gasteiger partial charge in [0, 0.05) is 18.7 Å². The van der Waals surface area contributed by atoms with Crippen LogP contribution in [0, 0.1) is 13.8 Å². The van der Waals surface area contributed by atoms with Gasteiger partial charge in [-0.3, -0.25) is 0 Å². The SMILES string of the molecule is Cc1ccccc1Cc1nc(C)c2c(n1)CNCC2. The van der Waals surface area contributed by atoms with Crippen molar-refractivity contribution in [3.05, 3.63) is 58.2 Å². The monoisotopic (exact) mass is 253 g/mol. The van der Waals surface area contributed by atoms with Gasteiger partial charge in [-0.05, 0) is 43.5 Å². The van der Waals surface area contributed by atoms with Crippen molar-refractivity contribution in [1.82, 2.24) is 15.3 Å². The zero-order valence-electron chi connectivity index (χ0n) is 11.5. The van der Waals surface area contributed by atoms with E-state index in [0.717, 1.165) is 37.4 Å². The summed E-state index contributed by atoms with van der Waals surface area (Å²) in [6, 6.07) is 8.45. The van der Waals surface area contributed by atoms with Crippen molar-refractivity contribution in [1.29, 1.82) is 0 Å². The van der Waals surface area contributed by atoms with E-state index in [0.29, 0.717) is 0 Å². The molecule has 2 heterocycles. The molecule has 1 aromatic carbocycles. The highest BCUT2D eigenvalue weighted by Crippen LogP contribution is 2.17. The molecule has 3 heteroatoms. The Morgan fingerprint density at radius 3 is 2.84 bits per heavy atom. The van der Waals surface area contributed by atoms with E-state index in [4.69, 9.17) is 4.98 Å². The Kier molecular flexibility index (Phi) is 3.30. The van der Waals surface area contributed by atoms with Crippen LogP contribution in [0.25, 0.3) is 0 Å². The Morgan fingerprint density at radius 1 is 1.16 bits per heavy atom. The molecule has 0 spiro atoms. The summed E-state index contributed by atoms with van der Waals surface area (Å²) in [5.74, 6) is 0.939. The first-order valence-electron chi connectivity index (χ1n) is 6.84. The zero-order valence-corrected chi connectivity index (χ0v) is 11.5. The van der Waals surface area contributed by atoms with Crippen LogP contribution in [-0.4, -0.2) is 16.5 Å². The molecule has 0 bridgehead atoms. The smallest absolute Gasteiger partial charge is 0.133 e. The largest absolute Gasteiger partial charge is 0.311 e. The number of hydrogen-bond acceptors (Lipinski definition) is 3. The van der Waals surface area contributed by atoms with E-state index >= 15 is 0 Å². The lowest BCUT2D eigenvalue weighted by Gasteiger charge is -2.18. The van der Waals surface area contributed by atoms with Crippen LogP contribution < -0.4 is 5.32 Å². The van der Waals surface area contributed by atoms with Gasteiger partial charge in [-0.15, -0.1) is 0 Å². The molecule has 1 aliphatic rings. The second kappa shape index (κ2) is 5.10. The van der Waals surface area contributed by atoms with E-state index in [1.807, 2.05) is 0 Å². The lowest BCUT2D eigenvalue weighted by molar-refractivity contribution is 0.613. The first-order valence-corrected chi connectivity index (χ1v) is 6.84. The minimum absolute atomic E-state index is 0.820. The maximum atomic E-state index is 4.74. The summed E-state index contributed by atoms with van der Waals surface area (Å²) in [6.45, 7) is 6.16. The van der Waals surface area contributed by atoms with E-state index in [1.165, 1.54) is 22.4 Å². The second-order valence-electron chi connectivity index (χ2n) is 5.18. The molecule has 1 aromatic heterocycles. The van der Waals surface area contributed by atoms with Crippen LogP contribution in [0.5, 0.6) is 0 Å². The van der Waals surface area contributed by atoms with E-state index < -0.39 is 0 Å². The van der Waals surface area contributed by atoms with Gasteiger partial charge in [0.1, 0.15) is 5.82 Å². The molecule has 0 saturated carbocycles. The molecular weight excluding hydrogens is 234 g/mol. The fraction of sp³-hybridized carbons (Fsp3) is 0.375. The summed E-state index contributed by atoms with van der Waals surface area (Å²) in [5.41, 5.74) is 6.29. The second-order valence-corrected chi connectivity index (χ2v) is 5.18. The van der Waals surface area contributed by atoms with Gasteiger partial charge in [0.2, 0.25) is 0 Å². The Bertz CT molecular complexity index is 605. The predicted octanol–water partition coefficient (Wildman–Crippen LogP) is 2.33. The highest BCUT2D eigenvalue weighted by atomic mass is 15.0. The Balaban J connectivity index is 1.94. The summed E-state index contributed by atoms with van der Waals surface area (Å²) in [5, 5.41) is 3.38. The molecule has 0 unspecified atom stereocenters. The molecular formula is C16H19N3. The summed E-state index contributed by atoms with van der Waals surface area (Å²) in [6.07, 6.45) is 1.87. The number of hydrogen-bond donors (Lipinski definition) is 1. The normalized spacial score (nSPS) is 14.2. The number of benzene rings is 1. The van der Waals surface area contributed by atoms with Crippen molar-refractivity contribution in [3.63, 3.8) is 0 Å². The van der Waals surface area contributed by atoms with Gasteiger partial charge in [0.05, 0.1) is 5.69 Å². The molecule has 0 aliphatic carbocycles. The van der Waals surface area contributed by atoms with Crippen molar-refractivity contribution < 1.29 is 0 Å². The highest BCUT2D eigenvalue weighted by Gasteiger charge is 2.15. The summed E-state index contributed by atoms with van der Waals surface area (Å²) in [7, 11) is 0. The topological polar surface area (TPSA) is 37.8 Å². The first kappa shape index (κ1) is 12.3. The standard InChI is InChI=1S/C16H19N3/c1-11-5-3-4-6-13(11)9-16-18-12(2)14-7-8-17-10-15(14)19-16/h3-6,17H,7-10H2,1-2H3. The lowest BCUT2D eigenvalue weighted by atomic mass is 10.0. The molecule has 1 N–H and O–H groups in total. The average molecular weight is 253 g/mol. The van der Waals surface area contributed by atoms with E-state index in [1.54, 1.807) is 0 Å². The van der Waals surface area contributed by atoms with Crippen molar-refractivity contribution in [2.24, 2.45) is 0 Å². The third kappa shape index (κ3) is 2.51. The van der Waals surface area contributed by atoms with Gasteiger partial charge in [-0.25, -0.2) is 9.97 Å². The number of fused-ring (bicyclic) bond motifs is 1. The van der Waals surface area contributed by atoms with E-state index in [2.05, 4.69) is 48.4 Å². The summed E-state index contributed by atoms with van der Waals surface area (Å²) >= 11 is 0. The minimum Gasteiger partial charge on any atom is -0.311 e. The van der Waals surface area contributed by atoms with Crippen LogP contribution in [0.2, 0.25) is 0 Å². The van der Waals surface area contributed by atoms with Gasteiger partial charge < -0.3 is 5.32 Å². The fourth-order valence-electron chi connectivity index (χ4n) is 2.67. The van der Waals surface area contributed by atoms with Crippen LogP contribution >= 0.6 is 0 Å². The van der Waals surface area contributed by atoms with Crippen molar-refractivity contribution in [2.45, 2.75) is 33.2 Å². The van der Waals surface area contributed by atoms with Crippen molar-refractivity contribution >= 4 is 0 Å². The Morgan fingerprint density at radius 2 is 2.00 bits per heavy atom. The van der Waals surface area contributed by atoms with E-state index in [-0.39, 0.29) is 0 Å². The third-order valence-electron chi connectivity index (χ3n) is 3.80. The number of nitrogens with one attached hydrogen (secondary N) is 1. The van der Waals surface area contributed by atoms with Gasteiger partial charge in [-0.2, -0.15) is 0 Å². The Hall–Kier alpha value is -1.74. The van der Waals surface area contributed by atoms with Crippen LogP contribution in [0.1, 0.15) is 33.9 Å². The molecule has 2 aromatic rings. The molecule has 0 saturated heterocycles. The van der Waals surface area contributed by atoms with Crippen molar-refractivity contribution in [3.8, 4) is 0 Å². The molecule has 3 rings (SSSR count). The maximum Gasteiger partial charge on any atom is 0.133 e. The van der Waals surface area contributed by atoms with Gasteiger partial charge in [0.25, 0.3) is 0 Å². The van der Waals surface area contributed by atoms with Gasteiger partial charge in [0.15, 0.2) is 0 Å². The lowest BCUT2D eigenvalue weighted by Crippen LogP contribution is -2.26. The zero-order chi connectivity index (χ0) is 13.2. The number of aryl methyl sites for hydroxylation is 2. The molecule has 1 aliphatic heterocycles. The average Bonchev–Trinajstić information content (AvgIpc) is 2.42. The first-order chi connectivity index (χ1) is 9.24. The van der Waals surface area contributed by atoms with Crippen LogP contribution in [0.15, 0.2) is 24.3 Å². The van der Waals surface area contributed by atoms with Crippen molar-refractivity contribution in [2.75, 3.05) is 6.54 Å². The molecule has 0 radical (unpaired) electrons. The molecule has 3 nitrogen and oxygen atoms in total. The maximum absolute atomic E-state index is 4.74. The van der Waals surface area contributed by atoms with Gasteiger partial charge in [-0.1, -0.05) is 24.3 Å². The van der Waals surface area contributed by atoms with E-state index in [9.17, 15) is 0 Å². The molecule has 0 fully saturated rings. The molecule has 0 atom stereocenters. The molecule has 98 valence electrons. The number of rotatable bonds is 2. The van der Waals surface area contributed by atoms with Crippen LogP contribution in [-0.2, 0) is 19.4 Å². The Labute approximate surface area is 114 Å². The summed E-state index contributed by atoms with van der Waals surface area (Å²) < 4.78 is 0. The minimum atomic E-state index is 0.820. The fourth-order valence-corrected chi connectivity index (χ4v) is 2.67. The van der Waals surface area contributed by atoms with Gasteiger partial charge >= 0.3 is 0 Å². The summed E-state index contributed by atoms with van der Waals surface area (Å²) in [4.78, 5) is 9.42. The number of aromatic nitrogens is 2. The third-order valence-corrected chi connectivity index (χ3v) is 3.80. The quantitative estimate of drug-likeness (QED) is 0.892. The van der Waals surface area contributed by atoms with Crippen LogP contribution in [0.4, 0.5) is 0 Å². The van der Waals surface area contributed by atoms with Crippen LogP contribution in [0.3, 0.4) is 0 Å². The predicted molar refractivity (Wildman–Crippen MR) is 76.2 cm³/mol. The molecule has 19 heavy (non-hydrogen) atoms.